The van der Waals surface area contributed by atoms with E-state index in [4.69, 9.17) is 5.11 Å². The molecule has 2 aliphatic carbocycles. The lowest BCUT2D eigenvalue weighted by molar-refractivity contribution is -0.147. The largest absolute Gasteiger partial charge is 0.481 e. The summed E-state index contributed by atoms with van der Waals surface area (Å²) in [6.45, 7) is 0. The van der Waals surface area contributed by atoms with Gasteiger partial charge in [-0.2, -0.15) is 0 Å². The Morgan fingerprint density at radius 2 is 1.67 bits per heavy atom. The number of hydrogen-bond donors (Lipinski definition) is 1. The zero-order valence-electron chi connectivity index (χ0n) is 12.3. The number of carbonyl (C=O) groups excluding carboxylic acids is 2. The number of likely N-dealkylation sites (tertiary alicyclic amines) is 1. The van der Waals surface area contributed by atoms with Gasteiger partial charge in [0.1, 0.15) is 0 Å². The highest BCUT2D eigenvalue weighted by molar-refractivity contribution is 6.06. The highest BCUT2D eigenvalue weighted by atomic mass is 16.4. The standard InChI is InChI=1S/C16H23NO4/c18-13-10-16(8-2-1-3-9-16)15(21)17(13)12-6-4-11(5-7-12)14(19)20/h11-12H,1-10H2,(H,19,20). The van der Waals surface area contributed by atoms with Crippen molar-refractivity contribution < 1.29 is 19.5 Å². The summed E-state index contributed by atoms with van der Waals surface area (Å²) in [6, 6.07) is -0.0677. The van der Waals surface area contributed by atoms with Crippen LogP contribution in [0.3, 0.4) is 0 Å². The third-order valence-electron chi connectivity index (χ3n) is 5.65. The molecule has 1 saturated heterocycles. The third-order valence-corrected chi connectivity index (χ3v) is 5.65. The maximum Gasteiger partial charge on any atom is 0.306 e. The van der Waals surface area contributed by atoms with Crippen LogP contribution < -0.4 is 0 Å². The van der Waals surface area contributed by atoms with Gasteiger partial charge in [-0.1, -0.05) is 19.3 Å². The smallest absolute Gasteiger partial charge is 0.306 e. The lowest BCUT2D eigenvalue weighted by atomic mass is 9.73. The fourth-order valence-corrected chi connectivity index (χ4v) is 4.39. The lowest BCUT2D eigenvalue weighted by Crippen LogP contribution is -2.45. The summed E-state index contributed by atoms with van der Waals surface area (Å²) in [5.74, 6) is -1.05. The predicted molar refractivity (Wildman–Crippen MR) is 75.4 cm³/mol. The van der Waals surface area contributed by atoms with Crippen LogP contribution >= 0.6 is 0 Å². The molecule has 0 aromatic rings. The van der Waals surface area contributed by atoms with Crippen LogP contribution in [0.15, 0.2) is 0 Å². The van der Waals surface area contributed by atoms with Gasteiger partial charge in [-0.05, 0) is 38.5 Å². The number of carboxylic acid groups (broad SMARTS) is 1. The second kappa shape index (κ2) is 5.43. The van der Waals surface area contributed by atoms with Crippen molar-refractivity contribution in [2.45, 2.75) is 70.3 Å². The molecule has 1 spiro atoms. The first-order valence-electron chi connectivity index (χ1n) is 8.13. The van der Waals surface area contributed by atoms with Crippen molar-refractivity contribution in [2.75, 3.05) is 0 Å². The van der Waals surface area contributed by atoms with Crippen molar-refractivity contribution in [3.05, 3.63) is 0 Å². The minimum absolute atomic E-state index is 0.0272. The molecule has 0 radical (unpaired) electrons. The first-order valence-corrected chi connectivity index (χ1v) is 8.13. The molecule has 1 aliphatic heterocycles. The summed E-state index contributed by atoms with van der Waals surface area (Å²) in [4.78, 5) is 37.7. The number of amides is 2. The van der Waals surface area contributed by atoms with Gasteiger partial charge in [-0.25, -0.2) is 0 Å². The first-order chi connectivity index (χ1) is 10.0. The SMILES string of the molecule is O=C(O)C1CCC(N2C(=O)CC3(CCCCC3)C2=O)CC1. The molecule has 21 heavy (non-hydrogen) atoms. The van der Waals surface area contributed by atoms with E-state index in [1.165, 1.54) is 4.90 Å². The number of hydrogen-bond acceptors (Lipinski definition) is 3. The van der Waals surface area contributed by atoms with Gasteiger partial charge < -0.3 is 5.11 Å². The zero-order chi connectivity index (χ0) is 15.0. The molecular weight excluding hydrogens is 270 g/mol. The molecule has 1 N–H and O–H groups in total. The van der Waals surface area contributed by atoms with Gasteiger partial charge in [0, 0.05) is 12.5 Å². The molecule has 0 atom stereocenters. The van der Waals surface area contributed by atoms with Gasteiger partial charge in [0.15, 0.2) is 0 Å². The van der Waals surface area contributed by atoms with E-state index in [1.54, 1.807) is 0 Å². The average molecular weight is 293 g/mol. The van der Waals surface area contributed by atoms with E-state index in [9.17, 15) is 14.4 Å². The Bertz CT molecular complexity index is 459. The number of carbonyl (C=O) groups is 3. The van der Waals surface area contributed by atoms with Gasteiger partial charge in [0.2, 0.25) is 11.8 Å². The van der Waals surface area contributed by atoms with Crippen molar-refractivity contribution in [2.24, 2.45) is 11.3 Å². The molecule has 3 aliphatic rings. The molecule has 2 saturated carbocycles. The average Bonchev–Trinajstić information content (AvgIpc) is 2.71. The van der Waals surface area contributed by atoms with E-state index in [1.807, 2.05) is 0 Å². The number of carboxylic acids is 1. The predicted octanol–water partition coefficient (Wildman–Crippen LogP) is 2.34. The summed E-state index contributed by atoms with van der Waals surface area (Å²) < 4.78 is 0. The van der Waals surface area contributed by atoms with Crippen LogP contribution in [-0.4, -0.2) is 33.8 Å². The first kappa shape index (κ1) is 14.5. The molecule has 116 valence electrons. The highest BCUT2D eigenvalue weighted by Crippen LogP contribution is 2.47. The number of rotatable bonds is 2. The topological polar surface area (TPSA) is 74.7 Å². The van der Waals surface area contributed by atoms with Crippen LogP contribution in [0.5, 0.6) is 0 Å². The molecule has 0 unspecified atom stereocenters. The molecule has 0 bridgehead atoms. The lowest BCUT2D eigenvalue weighted by Gasteiger charge is -2.35. The van der Waals surface area contributed by atoms with Crippen LogP contribution in [0, 0.1) is 11.3 Å². The van der Waals surface area contributed by atoms with Crippen molar-refractivity contribution in [1.82, 2.24) is 4.90 Å². The maximum atomic E-state index is 12.8. The second-order valence-corrected chi connectivity index (χ2v) is 6.93. The van der Waals surface area contributed by atoms with Crippen molar-refractivity contribution in [1.29, 1.82) is 0 Å². The number of aliphatic carboxylic acids is 1. The molecular formula is C16H23NO4. The summed E-state index contributed by atoms with van der Waals surface area (Å²) in [5, 5.41) is 9.05. The molecule has 3 fully saturated rings. The van der Waals surface area contributed by atoms with E-state index in [0.717, 1.165) is 32.1 Å². The molecule has 2 amide bonds. The van der Waals surface area contributed by atoms with Crippen molar-refractivity contribution >= 4 is 17.8 Å². The van der Waals surface area contributed by atoms with Gasteiger partial charge in [0.25, 0.3) is 0 Å². The quantitative estimate of drug-likeness (QED) is 0.793. The summed E-state index contributed by atoms with van der Waals surface area (Å²) >= 11 is 0. The monoisotopic (exact) mass is 293 g/mol. The summed E-state index contributed by atoms with van der Waals surface area (Å²) in [5.41, 5.74) is -0.418. The Balaban J connectivity index is 1.70. The number of imide groups is 1. The van der Waals surface area contributed by atoms with E-state index < -0.39 is 11.4 Å². The molecule has 3 rings (SSSR count). The Morgan fingerprint density at radius 1 is 1.05 bits per heavy atom. The van der Waals surface area contributed by atoms with Crippen LogP contribution in [0.25, 0.3) is 0 Å². The number of nitrogens with zero attached hydrogens (tertiary/aromatic N) is 1. The van der Waals surface area contributed by atoms with Crippen LogP contribution in [0.1, 0.15) is 64.2 Å². The molecule has 5 nitrogen and oxygen atoms in total. The Kier molecular flexibility index (Phi) is 3.76. The Morgan fingerprint density at radius 3 is 2.24 bits per heavy atom. The van der Waals surface area contributed by atoms with E-state index >= 15 is 0 Å². The van der Waals surface area contributed by atoms with Gasteiger partial charge in [0.05, 0.1) is 11.3 Å². The van der Waals surface area contributed by atoms with Crippen molar-refractivity contribution in [3.63, 3.8) is 0 Å². The fraction of sp³-hybridized carbons (Fsp3) is 0.812. The summed E-state index contributed by atoms with van der Waals surface area (Å²) in [6.07, 6.45) is 7.75. The van der Waals surface area contributed by atoms with Gasteiger partial charge in [-0.15, -0.1) is 0 Å². The van der Waals surface area contributed by atoms with Gasteiger partial charge >= 0.3 is 5.97 Å². The minimum atomic E-state index is -0.753. The molecule has 5 heteroatoms. The van der Waals surface area contributed by atoms with Gasteiger partial charge in [-0.3, -0.25) is 19.3 Å². The summed E-state index contributed by atoms with van der Waals surface area (Å²) in [7, 11) is 0. The molecule has 0 aromatic heterocycles. The van der Waals surface area contributed by atoms with Crippen LogP contribution in [-0.2, 0) is 14.4 Å². The van der Waals surface area contributed by atoms with E-state index in [-0.39, 0.29) is 23.8 Å². The minimum Gasteiger partial charge on any atom is -0.481 e. The molecule has 0 aromatic carbocycles. The van der Waals surface area contributed by atoms with Crippen LogP contribution in [0.4, 0.5) is 0 Å². The second-order valence-electron chi connectivity index (χ2n) is 6.93. The normalized spacial score (nSPS) is 32.7. The third kappa shape index (κ3) is 2.47. The Labute approximate surface area is 124 Å². The highest BCUT2D eigenvalue weighted by Gasteiger charge is 2.53. The zero-order valence-corrected chi connectivity index (χ0v) is 12.3. The Hall–Kier alpha value is -1.39. The fourth-order valence-electron chi connectivity index (χ4n) is 4.39. The maximum absolute atomic E-state index is 12.8. The molecule has 1 heterocycles. The van der Waals surface area contributed by atoms with E-state index in [0.29, 0.717) is 32.1 Å². The van der Waals surface area contributed by atoms with E-state index in [2.05, 4.69) is 0 Å². The van der Waals surface area contributed by atoms with Crippen LogP contribution in [0.2, 0.25) is 0 Å². The van der Waals surface area contributed by atoms with Crippen molar-refractivity contribution in [3.8, 4) is 0 Å².